The lowest BCUT2D eigenvalue weighted by molar-refractivity contribution is 0.112. The van der Waals surface area contributed by atoms with E-state index in [0.717, 1.165) is 57.4 Å². The molecule has 0 amide bonds. The minimum Gasteiger partial charge on any atom is -0.376 e. The molecule has 2 aromatic rings. The summed E-state index contributed by atoms with van der Waals surface area (Å²) in [5, 5.41) is 6.97. The second-order valence-corrected chi connectivity index (χ2v) is 7.61. The predicted molar refractivity (Wildman–Crippen MR) is 110 cm³/mol. The molecule has 0 radical (unpaired) electrons. The lowest BCUT2D eigenvalue weighted by Crippen LogP contribution is -2.52. The third kappa shape index (κ3) is 4.17. The number of hydrogen-bond donors (Lipinski definition) is 1. The first-order valence-corrected chi connectivity index (χ1v) is 10.0. The Morgan fingerprint density at radius 3 is 2.69 bits per heavy atom. The molecule has 0 aliphatic carbocycles. The Morgan fingerprint density at radius 2 is 1.88 bits per heavy atom. The highest BCUT2D eigenvalue weighted by molar-refractivity contribution is 7.80. The summed E-state index contributed by atoms with van der Waals surface area (Å²) in [5.74, 6) is 0. The van der Waals surface area contributed by atoms with E-state index < -0.39 is 0 Å². The van der Waals surface area contributed by atoms with Crippen LogP contribution >= 0.6 is 12.2 Å². The van der Waals surface area contributed by atoms with Crippen LogP contribution in [0.3, 0.4) is 0 Å². The van der Waals surface area contributed by atoms with E-state index in [1.165, 1.54) is 22.8 Å². The smallest absolute Gasteiger partial charge is 0.169 e. The van der Waals surface area contributed by atoms with Gasteiger partial charge in [0.05, 0.1) is 6.10 Å². The Morgan fingerprint density at radius 1 is 1.08 bits per heavy atom. The Kier molecular flexibility index (Phi) is 5.68. The molecule has 0 saturated carbocycles. The molecule has 4 nitrogen and oxygen atoms in total. The normalized spacial score (nSPS) is 21.2. The van der Waals surface area contributed by atoms with Gasteiger partial charge in [-0.1, -0.05) is 42.5 Å². The summed E-state index contributed by atoms with van der Waals surface area (Å²) in [6, 6.07) is 15.3. The van der Waals surface area contributed by atoms with E-state index in [9.17, 15) is 0 Å². The van der Waals surface area contributed by atoms with Crippen LogP contribution in [0.15, 0.2) is 42.5 Å². The number of piperazine rings is 1. The van der Waals surface area contributed by atoms with Crippen LogP contribution in [-0.2, 0) is 11.3 Å². The number of nitrogens with one attached hydrogen (secondary N) is 1. The molecule has 0 aromatic heterocycles. The van der Waals surface area contributed by atoms with Gasteiger partial charge in [-0.15, -0.1) is 0 Å². The number of rotatable bonds is 4. The summed E-state index contributed by atoms with van der Waals surface area (Å²) in [6.45, 7) is 6.81. The fourth-order valence-electron chi connectivity index (χ4n) is 3.90. The summed E-state index contributed by atoms with van der Waals surface area (Å²) in [5.41, 5.74) is 1.41. The van der Waals surface area contributed by atoms with Crippen molar-refractivity contribution < 1.29 is 4.74 Å². The Bertz CT molecular complexity index is 747. The van der Waals surface area contributed by atoms with E-state index in [2.05, 4.69) is 57.6 Å². The largest absolute Gasteiger partial charge is 0.376 e. The van der Waals surface area contributed by atoms with E-state index in [-0.39, 0.29) is 0 Å². The number of thiocarbonyl (C=S) groups is 1. The van der Waals surface area contributed by atoms with E-state index in [4.69, 9.17) is 17.0 Å². The molecular formula is C21H27N3OS. The van der Waals surface area contributed by atoms with Gasteiger partial charge in [0.1, 0.15) is 0 Å². The molecule has 1 atom stereocenters. The van der Waals surface area contributed by atoms with Gasteiger partial charge >= 0.3 is 0 Å². The van der Waals surface area contributed by atoms with Gasteiger partial charge in [0, 0.05) is 45.9 Å². The molecule has 2 aliphatic rings. The highest BCUT2D eigenvalue weighted by Crippen LogP contribution is 2.20. The Hall–Kier alpha value is -1.69. The van der Waals surface area contributed by atoms with Gasteiger partial charge in [0.25, 0.3) is 0 Å². The highest BCUT2D eigenvalue weighted by atomic mass is 32.1. The third-order valence-corrected chi connectivity index (χ3v) is 5.84. The zero-order chi connectivity index (χ0) is 17.8. The van der Waals surface area contributed by atoms with Crippen LogP contribution in [0.4, 0.5) is 0 Å². The van der Waals surface area contributed by atoms with Gasteiger partial charge in [0.15, 0.2) is 5.11 Å². The monoisotopic (exact) mass is 369 g/mol. The number of benzene rings is 2. The van der Waals surface area contributed by atoms with Crippen LogP contribution in [0.25, 0.3) is 10.8 Å². The molecule has 4 rings (SSSR count). The third-order valence-electron chi connectivity index (χ3n) is 5.44. The van der Waals surface area contributed by atoms with Crippen LogP contribution in [0.5, 0.6) is 0 Å². The van der Waals surface area contributed by atoms with Gasteiger partial charge in [-0.25, -0.2) is 0 Å². The van der Waals surface area contributed by atoms with Crippen molar-refractivity contribution in [2.45, 2.75) is 25.5 Å². The first-order chi connectivity index (χ1) is 12.8. The van der Waals surface area contributed by atoms with Crippen molar-refractivity contribution in [1.29, 1.82) is 0 Å². The second-order valence-electron chi connectivity index (χ2n) is 7.22. The minimum absolute atomic E-state index is 0.334. The lowest BCUT2D eigenvalue weighted by Gasteiger charge is -2.36. The fourth-order valence-corrected chi connectivity index (χ4v) is 4.16. The SMILES string of the molecule is S=C(NC[C@H]1CCCO1)N1CCN(Cc2cccc3ccccc23)CC1. The van der Waals surface area contributed by atoms with Crippen molar-refractivity contribution in [3.63, 3.8) is 0 Å². The number of hydrogen-bond acceptors (Lipinski definition) is 3. The number of fused-ring (bicyclic) bond motifs is 1. The fraction of sp³-hybridized carbons (Fsp3) is 0.476. The standard InChI is InChI=1S/C21H27N3OS/c26-21(22-15-19-8-4-14-25-19)24-12-10-23(11-13-24)16-18-7-3-6-17-5-1-2-9-20(17)18/h1-3,5-7,9,19H,4,8,10-16H2,(H,22,26)/t19-/m1/s1. The maximum atomic E-state index is 5.66. The van der Waals surface area contributed by atoms with Crippen LogP contribution in [0.2, 0.25) is 0 Å². The van der Waals surface area contributed by atoms with Gasteiger partial charge in [-0.2, -0.15) is 0 Å². The van der Waals surface area contributed by atoms with Crippen LogP contribution in [0, 0.1) is 0 Å². The molecule has 2 fully saturated rings. The predicted octanol–water partition coefficient (Wildman–Crippen LogP) is 3.01. The zero-order valence-electron chi connectivity index (χ0n) is 15.2. The summed E-state index contributed by atoms with van der Waals surface area (Å²) in [6.07, 6.45) is 2.65. The van der Waals surface area contributed by atoms with E-state index in [1.807, 2.05) is 0 Å². The van der Waals surface area contributed by atoms with Crippen molar-refractivity contribution in [2.75, 3.05) is 39.3 Å². The molecule has 5 heteroatoms. The Balaban J connectivity index is 1.28. The first kappa shape index (κ1) is 17.7. The van der Waals surface area contributed by atoms with Crippen molar-refractivity contribution in [1.82, 2.24) is 15.1 Å². The molecule has 26 heavy (non-hydrogen) atoms. The summed E-state index contributed by atoms with van der Waals surface area (Å²) in [4.78, 5) is 4.82. The first-order valence-electron chi connectivity index (χ1n) is 9.63. The van der Waals surface area contributed by atoms with Gasteiger partial charge in [0.2, 0.25) is 0 Å². The van der Waals surface area contributed by atoms with Crippen molar-refractivity contribution in [3.05, 3.63) is 48.0 Å². The summed E-state index contributed by atoms with van der Waals surface area (Å²) in [7, 11) is 0. The molecule has 2 heterocycles. The molecule has 2 aliphatic heterocycles. The second kappa shape index (κ2) is 8.33. The Labute approximate surface area is 161 Å². The van der Waals surface area contributed by atoms with Crippen LogP contribution < -0.4 is 5.32 Å². The zero-order valence-corrected chi connectivity index (χ0v) is 16.0. The maximum Gasteiger partial charge on any atom is 0.169 e. The van der Waals surface area contributed by atoms with Gasteiger partial charge < -0.3 is 15.0 Å². The quantitative estimate of drug-likeness (QED) is 0.837. The van der Waals surface area contributed by atoms with Crippen LogP contribution in [-0.4, -0.2) is 60.3 Å². The van der Waals surface area contributed by atoms with Crippen molar-refractivity contribution >= 4 is 28.1 Å². The molecule has 2 aromatic carbocycles. The summed E-state index contributed by atoms with van der Waals surface area (Å²) < 4.78 is 5.66. The number of nitrogens with zero attached hydrogens (tertiary/aromatic N) is 2. The highest BCUT2D eigenvalue weighted by Gasteiger charge is 2.21. The molecule has 138 valence electrons. The molecule has 0 unspecified atom stereocenters. The van der Waals surface area contributed by atoms with E-state index in [0.29, 0.717) is 6.10 Å². The van der Waals surface area contributed by atoms with E-state index >= 15 is 0 Å². The molecule has 0 spiro atoms. The molecular weight excluding hydrogens is 342 g/mol. The van der Waals surface area contributed by atoms with E-state index in [1.54, 1.807) is 0 Å². The molecule has 1 N–H and O–H groups in total. The average Bonchev–Trinajstić information content (AvgIpc) is 3.21. The van der Waals surface area contributed by atoms with Gasteiger partial charge in [-0.05, 0) is 41.4 Å². The van der Waals surface area contributed by atoms with Crippen LogP contribution in [0.1, 0.15) is 18.4 Å². The average molecular weight is 370 g/mol. The lowest BCUT2D eigenvalue weighted by atomic mass is 10.0. The molecule has 2 saturated heterocycles. The summed E-state index contributed by atoms with van der Waals surface area (Å²) >= 11 is 5.58. The number of ether oxygens (including phenoxy) is 1. The minimum atomic E-state index is 0.334. The topological polar surface area (TPSA) is 27.7 Å². The molecule has 0 bridgehead atoms. The van der Waals surface area contributed by atoms with Gasteiger partial charge in [-0.3, -0.25) is 4.90 Å². The maximum absolute atomic E-state index is 5.66. The van der Waals surface area contributed by atoms with Crippen molar-refractivity contribution in [2.24, 2.45) is 0 Å². The van der Waals surface area contributed by atoms with Crippen molar-refractivity contribution in [3.8, 4) is 0 Å².